The van der Waals surface area contributed by atoms with Gasteiger partial charge < -0.3 is 20.5 Å². The summed E-state index contributed by atoms with van der Waals surface area (Å²) in [6.45, 7) is 2.26. The molecule has 0 saturated heterocycles. The van der Waals surface area contributed by atoms with E-state index in [0.717, 1.165) is 41.5 Å². The molecule has 2 amide bonds. The Morgan fingerprint density at radius 1 is 0.886 bits per heavy atom. The van der Waals surface area contributed by atoms with E-state index in [-0.39, 0.29) is 12.5 Å². The number of alkyl carbamates (subject to hydrolysis) is 1. The lowest BCUT2D eigenvalue weighted by Crippen LogP contribution is -2.68. The Morgan fingerprint density at radius 3 is 1.97 bits per heavy atom. The first kappa shape index (κ1) is 23.4. The number of amides is 2. The first-order valence-electron chi connectivity index (χ1n) is 12.5. The topological polar surface area (TPSA) is 105 Å². The van der Waals surface area contributed by atoms with Crippen LogP contribution < -0.4 is 10.6 Å². The maximum Gasteiger partial charge on any atom is 0.408 e. The van der Waals surface area contributed by atoms with Gasteiger partial charge >= 0.3 is 12.1 Å². The SMILES string of the molecule is CC1CCC(NC(=O)C2(NC(=O)OCC3c4ccccc4-c4ccccc43)CCC2)(C(=O)O)CC1. The summed E-state index contributed by atoms with van der Waals surface area (Å²) < 4.78 is 5.65. The van der Waals surface area contributed by atoms with Gasteiger partial charge in [0.1, 0.15) is 17.7 Å². The van der Waals surface area contributed by atoms with Crippen LogP contribution >= 0.6 is 0 Å². The highest BCUT2D eigenvalue weighted by molar-refractivity contribution is 5.95. The number of nitrogens with one attached hydrogen (secondary N) is 2. The maximum absolute atomic E-state index is 13.3. The number of carbonyl (C=O) groups is 3. The number of aliphatic carboxylic acids is 1. The molecule has 0 aliphatic heterocycles. The first-order valence-corrected chi connectivity index (χ1v) is 12.5. The zero-order valence-electron chi connectivity index (χ0n) is 20.0. The monoisotopic (exact) mass is 476 g/mol. The van der Waals surface area contributed by atoms with E-state index in [1.54, 1.807) is 0 Å². The van der Waals surface area contributed by atoms with Crippen LogP contribution in [0.25, 0.3) is 11.1 Å². The third-order valence-electron chi connectivity index (χ3n) is 8.22. The summed E-state index contributed by atoms with van der Waals surface area (Å²) in [5.41, 5.74) is 2.14. The van der Waals surface area contributed by atoms with Gasteiger partial charge in [0.15, 0.2) is 0 Å². The van der Waals surface area contributed by atoms with Gasteiger partial charge in [0.2, 0.25) is 5.91 Å². The van der Waals surface area contributed by atoms with Gasteiger partial charge in [-0.05, 0) is 73.1 Å². The number of carbonyl (C=O) groups excluding carboxylic acids is 2. The van der Waals surface area contributed by atoms with Crippen LogP contribution in [0.5, 0.6) is 0 Å². The highest BCUT2D eigenvalue weighted by Gasteiger charge is 2.51. The van der Waals surface area contributed by atoms with E-state index in [4.69, 9.17) is 4.74 Å². The molecule has 0 spiro atoms. The van der Waals surface area contributed by atoms with E-state index >= 15 is 0 Å². The van der Waals surface area contributed by atoms with Gasteiger partial charge in [-0.2, -0.15) is 0 Å². The molecule has 3 aliphatic carbocycles. The molecule has 7 nitrogen and oxygen atoms in total. The van der Waals surface area contributed by atoms with Crippen molar-refractivity contribution in [3.8, 4) is 11.1 Å². The van der Waals surface area contributed by atoms with Crippen LogP contribution in [0.4, 0.5) is 4.79 Å². The zero-order valence-corrected chi connectivity index (χ0v) is 20.0. The van der Waals surface area contributed by atoms with E-state index in [9.17, 15) is 19.5 Å². The summed E-state index contributed by atoms with van der Waals surface area (Å²) in [6, 6.07) is 16.2. The lowest BCUT2D eigenvalue weighted by Gasteiger charge is -2.44. The van der Waals surface area contributed by atoms with Crippen molar-refractivity contribution < 1.29 is 24.2 Å². The van der Waals surface area contributed by atoms with Crippen LogP contribution in [0.3, 0.4) is 0 Å². The molecule has 2 fully saturated rings. The van der Waals surface area contributed by atoms with Gasteiger partial charge in [-0.3, -0.25) is 4.79 Å². The molecule has 0 aromatic heterocycles. The van der Waals surface area contributed by atoms with Crippen molar-refractivity contribution in [2.75, 3.05) is 6.61 Å². The predicted octanol–water partition coefficient (Wildman–Crippen LogP) is 4.60. The van der Waals surface area contributed by atoms with Crippen LogP contribution in [0.2, 0.25) is 0 Å². The lowest BCUT2D eigenvalue weighted by atomic mass is 9.73. The minimum absolute atomic E-state index is 0.0705. The minimum atomic E-state index is -1.27. The molecule has 0 heterocycles. The first-order chi connectivity index (χ1) is 16.8. The molecule has 5 rings (SSSR count). The van der Waals surface area contributed by atoms with E-state index in [1.165, 1.54) is 0 Å². The van der Waals surface area contributed by atoms with E-state index in [2.05, 4.69) is 41.8 Å². The van der Waals surface area contributed by atoms with Gasteiger partial charge in [-0.15, -0.1) is 0 Å². The molecule has 0 radical (unpaired) electrons. The number of rotatable bonds is 6. The van der Waals surface area contributed by atoms with Crippen molar-refractivity contribution in [1.82, 2.24) is 10.6 Å². The van der Waals surface area contributed by atoms with Crippen molar-refractivity contribution >= 4 is 18.0 Å². The van der Waals surface area contributed by atoms with Crippen molar-refractivity contribution in [1.29, 1.82) is 0 Å². The molecule has 7 heteroatoms. The second-order valence-electron chi connectivity index (χ2n) is 10.4. The summed E-state index contributed by atoms with van der Waals surface area (Å²) in [6.07, 6.45) is 3.37. The molecule has 35 heavy (non-hydrogen) atoms. The largest absolute Gasteiger partial charge is 0.480 e. The van der Waals surface area contributed by atoms with Crippen LogP contribution in [0, 0.1) is 5.92 Å². The molecule has 2 aromatic carbocycles. The van der Waals surface area contributed by atoms with Crippen molar-refractivity contribution in [3.05, 3.63) is 59.7 Å². The van der Waals surface area contributed by atoms with Crippen molar-refractivity contribution in [3.63, 3.8) is 0 Å². The third kappa shape index (κ3) is 4.17. The standard InChI is InChI=1S/C28H32N2O5/c1-18-11-15-28(16-12-18,25(32)33)29-24(31)27(13-6-14-27)30-26(34)35-17-23-21-9-4-2-7-19(21)20-8-3-5-10-22(20)23/h2-5,7-10,18,23H,6,11-17H2,1H3,(H,29,31)(H,30,34)(H,32,33). The molecule has 3 aliphatic rings. The molecular formula is C28H32N2O5. The summed E-state index contributed by atoms with van der Waals surface area (Å²) in [5, 5.41) is 15.5. The summed E-state index contributed by atoms with van der Waals surface area (Å²) in [4.78, 5) is 38.2. The quantitative estimate of drug-likeness (QED) is 0.565. The fourth-order valence-electron chi connectivity index (χ4n) is 5.75. The van der Waals surface area contributed by atoms with Crippen LogP contribution in [0.15, 0.2) is 48.5 Å². The Kier molecular flexibility index (Phi) is 6.03. The Labute approximate surface area is 205 Å². The number of carboxylic acid groups (broad SMARTS) is 1. The van der Waals surface area contributed by atoms with Crippen LogP contribution in [-0.4, -0.2) is 40.8 Å². The Morgan fingerprint density at radius 2 is 1.46 bits per heavy atom. The number of ether oxygens (including phenoxy) is 1. The van der Waals surface area contributed by atoms with Gasteiger partial charge in [-0.1, -0.05) is 55.5 Å². The zero-order chi connectivity index (χ0) is 24.6. The molecule has 3 N–H and O–H groups in total. The molecule has 0 atom stereocenters. The average molecular weight is 477 g/mol. The lowest BCUT2D eigenvalue weighted by molar-refractivity contribution is -0.151. The predicted molar refractivity (Wildman–Crippen MR) is 131 cm³/mol. The molecule has 2 aromatic rings. The fourth-order valence-corrected chi connectivity index (χ4v) is 5.75. The second-order valence-corrected chi connectivity index (χ2v) is 10.4. The number of hydrogen-bond acceptors (Lipinski definition) is 4. The van der Waals surface area contributed by atoms with Gasteiger partial charge in [0.05, 0.1) is 0 Å². The van der Waals surface area contributed by atoms with Crippen molar-refractivity contribution in [2.24, 2.45) is 5.92 Å². The van der Waals surface area contributed by atoms with Gasteiger partial charge in [0.25, 0.3) is 0 Å². The minimum Gasteiger partial charge on any atom is -0.480 e. The van der Waals surface area contributed by atoms with Gasteiger partial charge in [0, 0.05) is 5.92 Å². The Bertz CT molecular complexity index is 1100. The van der Waals surface area contributed by atoms with Crippen molar-refractivity contribution in [2.45, 2.75) is 68.9 Å². The highest BCUT2D eigenvalue weighted by atomic mass is 16.5. The molecule has 0 unspecified atom stereocenters. The smallest absolute Gasteiger partial charge is 0.408 e. The molecule has 184 valence electrons. The number of hydrogen-bond donors (Lipinski definition) is 3. The fraction of sp³-hybridized carbons (Fsp3) is 0.464. The van der Waals surface area contributed by atoms with Crippen LogP contribution in [0.1, 0.15) is 68.9 Å². The maximum atomic E-state index is 13.3. The summed E-state index contributed by atoms with van der Waals surface area (Å²) in [7, 11) is 0. The summed E-state index contributed by atoms with van der Waals surface area (Å²) >= 11 is 0. The molecule has 0 bridgehead atoms. The van der Waals surface area contributed by atoms with Crippen LogP contribution in [-0.2, 0) is 14.3 Å². The number of benzene rings is 2. The Balaban J connectivity index is 1.25. The van der Waals surface area contributed by atoms with Gasteiger partial charge in [-0.25, -0.2) is 9.59 Å². The normalized spacial score (nSPS) is 24.4. The highest BCUT2D eigenvalue weighted by Crippen LogP contribution is 2.44. The van der Waals surface area contributed by atoms with E-state index < -0.39 is 29.0 Å². The average Bonchev–Trinajstić information content (AvgIpc) is 3.15. The number of fused-ring (bicyclic) bond motifs is 3. The molecule has 2 saturated carbocycles. The van der Waals surface area contributed by atoms with E-state index in [1.807, 2.05) is 24.3 Å². The van der Waals surface area contributed by atoms with E-state index in [0.29, 0.717) is 31.6 Å². The second kappa shape index (κ2) is 9.02. The third-order valence-corrected chi connectivity index (χ3v) is 8.22. The number of carboxylic acids is 1. The molecular weight excluding hydrogens is 444 g/mol. The summed E-state index contributed by atoms with van der Waals surface area (Å²) in [5.74, 6) is -1.06. The Hall–Kier alpha value is -3.35.